The molecule has 4 rings (SSSR count). The fourth-order valence-corrected chi connectivity index (χ4v) is 3.67. The first kappa shape index (κ1) is 18.5. The van der Waals surface area contributed by atoms with Crippen molar-refractivity contribution in [2.75, 3.05) is 14.1 Å². The van der Waals surface area contributed by atoms with Crippen molar-refractivity contribution in [1.29, 1.82) is 5.26 Å². The van der Waals surface area contributed by atoms with Crippen LogP contribution in [0.1, 0.15) is 11.1 Å². The van der Waals surface area contributed by atoms with Crippen LogP contribution in [0, 0.1) is 11.3 Å². The smallest absolute Gasteiger partial charge is 0.264 e. The summed E-state index contributed by atoms with van der Waals surface area (Å²) in [6, 6.07) is 24.8. The standard InChI is InChI=1S/C25H21N3O/c1-27(2)25(29)20(15-26)14-21-17-28(24-13-6-5-12-23(21)24)16-19-10-7-9-18-8-3-4-11-22(18)19/h3-14,17H,16H2,1-2H3/b20-14-. The van der Waals surface area contributed by atoms with Crippen LogP contribution in [-0.2, 0) is 11.3 Å². The fourth-order valence-electron chi connectivity index (χ4n) is 3.67. The van der Waals surface area contributed by atoms with Crippen LogP contribution >= 0.6 is 0 Å². The van der Waals surface area contributed by atoms with Gasteiger partial charge in [-0.05, 0) is 28.5 Å². The van der Waals surface area contributed by atoms with E-state index in [2.05, 4.69) is 47.0 Å². The summed E-state index contributed by atoms with van der Waals surface area (Å²) in [7, 11) is 3.30. The summed E-state index contributed by atoms with van der Waals surface area (Å²) in [4.78, 5) is 13.7. The van der Waals surface area contributed by atoms with Crippen LogP contribution in [0.4, 0.5) is 0 Å². The molecule has 1 aromatic heterocycles. The quantitative estimate of drug-likeness (QED) is 0.376. The molecule has 3 aromatic carbocycles. The summed E-state index contributed by atoms with van der Waals surface area (Å²) in [6.07, 6.45) is 3.71. The Hall–Kier alpha value is -3.84. The molecule has 142 valence electrons. The minimum absolute atomic E-state index is 0.128. The number of carbonyl (C=O) groups excluding carboxylic acids is 1. The van der Waals surface area contributed by atoms with Gasteiger partial charge < -0.3 is 9.47 Å². The lowest BCUT2D eigenvalue weighted by molar-refractivity contribution is -0.124. The lowest BCUT2D eigenvalue weighted by Gasteiger charge is -2.09. The average molecular weight is 379 g/mol. The van der Waals surface area contributed by atoms with E-state index in [0.717, 1.165) is 16.5 Å². The number of hydrogen-bond donors (Lipinski definition) is 0. The zero-order valence-electron chi connectivity index (χ0n) is 16.5. The van der Waals surface area contributed by atoms with Crippen molar-refractivity contribution in [3.05, 3.63) is 89.6 Å². The van der Waals surface area contributed by atoms with Gasteiger partial charge in [0.1, 0.15) is 11.6 Å². The normalized spacial score (nSPS) is 11.6. The van der Waals surface area contributed by atoms with Crippen molar-refractivity contribution in [3.8, 4) is 6.07 Å². The predicted octanol–water partition coefficient (Wildman–Crippen LogP) is 4.84. The van der Waals surface area contributed by atoms with Gasteiger partial charge in [-0.3, -0.25) is 4.79 Å². The molecule has 0 aliphatic rings. The molecule has 4 nitrogen and oxygen atoms in total. The molecular weight excluding hydrogens is 358 g/mol. The van der Waals surface area contributed by atoms with E-state index in [4.69, 9.17) is 0 Å². The maximum absolute atomic E-state index is 12.3. The largest absolute Gasteiger partial charge is 0.344 e. The lowest BCUT2D eigenvalue weighted by Crippen LogP contribution is -2.22. The van der Waals surface area contributed by atoms with Crippen LogP contribution in [0.15, 0.2) is 78.5 Å². The molecule has 0 saturated heterocycles. The molecule has 0 fully saturated rings. The number of para-hydroxylation sites is 1. The third-order valence-electron chi connectivity index (χ3n) is 5.10. The van der Waals surface area contributed by atoms with Gasteiger partial charge in [0, 0.05) is 43.3 Å². The second-order valence-electron chi connectivity index (χ2n) is 7.24. The zero-order valence-corrected chi connectivity index (χ0v) is 16.5. The molecule has 0 N–H and O–H groups in total. The van der Waals surface area contributed by atoms with E-state index >= 15 is 0 Å². The summed E-state index contributed by atoms with van der Waals surface area (Å²) in [5.41, 5.74) is 3.29. The Labute approximate surface area is 169 Å². The summed E-state index contributed by atoms with van der Waals surface area (Å²) in [6.45, 7) is 0.708. The first-order valence-electron chi connectivity index (χ1n) is 9.46. The van der Waals surface area contributed by atoms with E-state index in [1.807, 2.05) is 36.5 Å². The maximum Gasteiger partial charge on any atom is 0.264 e. The minimum Gasteiger partial charge on any atom is -0.344 e. The highest BCUT2D eigenvalue weighted by Crippen LogP contribution is 2.26. The topological polar surface area (TPSA) is 49.0 Å². The highest BCUT2D eigenvalue weighted by molar-refractivity contribution is 6.03. The fraction of sp³-hybridized carbons (Fsp3) is 0.120. The molecule has 0 bridgehead atoms. The molecule has 4 heteroatoms. The summed E-state index contributed by atoms with van der Waals surface area (Å²) in [5, 5.41) is 12.9. The predicted molar refractivity (Wildman–Crippen MR) is 117 cm³/mol. The first-order valence-corrected chi connectivity index (χ1v) is 9.46. The molecule has 0 saturated carbocycles. The second kappa shape index (κ2) is 7.65. The van der Waals surface area contributed by atoms with Crippen molar-refractivity contribution in [2.24, 2.45) is 0 Å². The first-order chi connectivity index (χ1) is 14.1. The molecular formula is C25H21N3O. The maximum atomic E-state index is 12.3. The third-order valence-corrected chi connectivity index (χ3v) is 5.10. The monoisotopic (exact) mass is 379 g/mol. The Balaban J connectivity index is 1.83. The van der Waals surface area contributed by atoms with E-state index < -0.39 is 0 Å². The van der Waals surface area contributed by atoms with Gasteiger partial charge in [0.2, 0.25) is 0 Å². The van der Waals surface area contributed by atoms with Gasteiger partial charge in [0.15, 0.2) is 0 Å². The Morgan fingerprint density at radius 1 is 1.00 bits per heavy atom. The van der Waals surface area contributed by atoms with Crippen molar-refractivity contribution >= 4 is 33.7 Å². The molecule has 0 aliphatic carbocycles. The SMILES string of the molecule is CN(C)C(=O)/C(C#N)=C\c1cn(Cc2cccc3ccccc23)c2ccccc12. The van der Waals surface area contributed by atoms with Gasteiger partial charge in [-0.2, -0.15) is 5.26 Å². The Kier molecular flexibility index (Phi) is 4.88. The Bertz CT molecular complexity index is 1280. The van der Waals surface area contributed by atoms with Crippen LogP contribution in [0.25, 0.3) is 27.8 Å². The number of aromatic nitrogens is 1. The van der Waals surface area contributed by atoms with E-state index in [1.165, 1.54) is 21.2 Å². The number of likely N-dealkylation sites (N-methyl/N-ethyl adjacent to an activating group) is 1. The van der Waals surface area contributed by atoms with E-state index in [-0.39, 0.29) is 11.5 Å². The number of fused-ring (bicyclic) bond motifs is 2. The summed E-state index contributed by atoms with van der Waals surface area (Å²) < 4.78 is 2.18. The highest BCUT2D eigenvalue weighted by Gasteiger charge is 2.14. The van der Waals surface area contributed by atoms with Gasteiger partial charge in [0.05, 0.1) is 0 Å². The molecule has 0 spiro atoms. The second-order valence-corrected chi connectivity index (χ2v) is 7.24. The summed E-state index contributed by atoms with van der Waals surface area (Å²) >= 11 is 0. The number of nitriles is 1. The van der Waals surface area contributed by atoms with Crippen molar-refractivity contribution in [2.45, 2.75) is 6.54 Å². The average Bonchev–Trinajstić information content (AvgIpc) is 3.09. The molecule has 1 amide bonds. The highest BCUT2D eigenvalue weighted by atomic mass is 16.2. The van der Waals surface area contributed by atoms with Crippen molar-refractivity contribution in [3.63, 3.8) is 0 Å². The van der Waals surface area contributed by atoms with Crippen LogP contribution in [0.3, 0.4) is 0 Å². The number of amides is 1. The van der Waals surface area contributed by atoms with E-state index in [0.29, 0.717) is 6.54 Å². The minimum atomic E-state index is -0.293. The van der Waals surface area contributed by atoms with Gasteiger partial charge in [0.25, 0.3) is 5.91 Å². The summed E-state index contributed by atoms with van der Waals surface area (Å²) in [5.74, 6) is -0.293. The molecule has 0 atom stereocenters. The van der Waals surface area contributed by atoms with Crippen LogP contribution in [0.2, 0.25) is 0 Å². The zero-order chi connectivity index (χ0) is 20.4. The molecule has 0 radical (unpaired) electrons. The number of carbonyl (C=O) groups is 1. The molecule has 29 heavy (non-hydrogen) atoms. The third kappa shape index (κ3) is 3.51. The Morgan fingerprint density at radius 3 is 2.45 bits per heavy atom. The number of rotatable bonds is 4. The molecule has 0 unspecified atom stereocenters. The van der Waals surface area contributed by atoms with Gasteiger partial charge in [-0.25, -0.2) is 0 Å². The lowest BCUT2D eigenvalue weighted by atomic mass is 10.0. The molecule has 4 aromatic rings. The van der Waals surface area contributed by atoms with Gasteiger partial charge in [-0.15, -0.1) is 0 Å². The van der Waals surface area contributed by atoms with Crippen molar-refractivity contribution in [1.82, 2.24) is 9.47 Å². The molecule has 0 aliphatic heterocycles. The number of nitrogens with zero attached hydrogens (tertiary/aromatic N) is 3. The van der Waals surface area contributed by atoms with Crippen LogP contribution in [-0.4, -0.2) is 29.5 Å². The Morgan fingerprint density at radius 2 is 1.69 bits per heavy atom. The van der Waals surface area contributed by atoms with Crippen LogP contribution in [0.5, 0.6) is 0 Å². The van der Waals surface area contributed by atoms with E-state index in [1.54, 1.807) is 20.2 Å². The number of benzene rings is 3. The van der Waals surface area contributed by atoms with Crippen LogP contribution < -0.4 is 0 Å². The van der Waals surface area contributed by atoms with Gasteiger partial charge in [-0.1, -0.05) is 60.7 Å². The van der Waals surface area contributed by atoms with E-state index in [9.17, 15) is 10.1 Å². The van der Waals surface area contributed by atoms with Crippen molar-refractivity contribution < 1.29 is 4.79 Å². The molecule has 1 heterocycles. The van der Waals surface area contributed by atoms with Gasteiger partial charge >= 0.3 is 0 Å². The number of hydrogen-bond acceptors (Lipinski definition) is 2.